The van der Waals surface area contributed by atoms with Gasteiger partial charge < -0.3 is 14.8 Å². The fraction of sp³-hybridized carbons (Fsp3) is 0.333. The summed E-state index contributed by atoms with van der Waals surface area (Å²) in [5, 5.41) is 2.92. The van der Waals surface area contributed by atoms with E-state index in [2.05, 4.69) is 59.4 Å². The molecule has 0 spiro atoms. The van der Waals surface area contributed by atoms with Gasteiger partial charge in [-0.25, -0.2) is 4.98 Å². The zero-order valence-corrected chi connectivity index (χ0v) is 19.7. The summed E-state index contributed by atoms with van der Waals surface area (Å²) in [6, 6.07) is 16.3. The minimum Gasteiger partial charge on any atom is -0.493 e. The number of hydrogen-bond acceptors (Lipinski definition) is 5. The Labute approximate surface area is 195 Å². The number of aromatic nitrogens is 1. The van der Waals surface area contributed by atoms with E-state index >= 15 is 0 Å². The molecule has 1 unspecified atom stereocenters. The maximum Gasteiger partial charge on any atom is 0.239 e. The first-order valence-corrected chi connectivity index (χ1v) is 11.2. The van der Waals surface area contributed by atoms with E-state index in [9.17, 15) is 4.79 Å². The van der Waals surface area contributed by atoms with Gasteiger partial charge >= 0.3 is 0 Å². The first-order valence-electron chi connectivity index (χ1n) is 11.2. The monoisotopic (exact) mass is 445 g/mol. The molecule has 0 aliphatic carbocycles. The summed E-state index contributed by atoms with van der Waals surface area (Å²) in [5.41, 5.74) is 6.22. The number of amides is 1. The molecular weight excluding hydrogens is 414 g/mol. The number of methoxy groups -OCH3 is 2. The number of nitrogens with one attached hydrogen (secondary N) is 1. The Morgan fingerprint density at radius 3 is 2.55 bits per heavy atom. The molecule has 3 aromatic rings. The second-order valence-electron chi connectivity index (χ2n) is 8.53. The van der Waals surface area contributed by atoms with Crippen LogP contribution in [0.3, 0.4) is 0 Å². The Morgan fingerprint density at radius 2 is 1.85 bits per heavy atom. The zero-order valence-electron chi connectivity index (χ0n) is 19.7. The van der Waals surface area contributed by atoms with Gasteiger partial charge in [0.15, 0.2) is 11.5 Å². The highest BCUT2D eigenvalue weighted by molar-refractivity contribution is 5.91. The molecule has 6 nitrogen and oxygen atoms in total. The number of benzene rings is 2. The molecule has 0 radical (unpaired) electrons. The Bertz CT molecular complexity index is 1130. The minimum atomic E-state index is -0.0669. The lowest BCUT2D eigenvalue weighted by Gasteiger charge is -2.37. The predicted molar refractivity (Wildman–Crippen MR) is 130 cm³/mol. The topological polar surface area (TPSA) is 63.7 Å². The van der Waals surface area contributed by atoms with Crippen LogP contribution in [0.5, 0.6) is 11.5 Å². The normalized spacial score (nSPS) is 15.6. The Kier molecular flexibility index (Phi) is 6.94. The van der Waals surface area contributed by atoms with Crippen LogP contribution in [0, 0.1) is 13.8 Å². The minimum absolute atomic E-state index is 0.0464. The Hall–Kier alpha value is -3.38. The van der Waals surface area contributed by atoms with Crippen molar-refractivity contribution in [1.82, 2.24) is 9.88 Å². The highest BCUT2D eigenvalue weighted by atomic mass is 16.5. The summed E-state index contributed by atoms with van der Waals surface area (Å²) < 4.78 is 11.1. The molecule has 1 aliphatic rings. The Balaban J connectivity index is 1.65. The summed E-state index contributed by atoms with van der Waals surface area (Å²) in [7, 11) is 3.32. The zero-order chi connectivity index (χ0) is 23.4. The highest BCUT2D eigenvalue weighted by Crippen LogP contribution is 2.39. The number of fused-ring (bicyclic) bond motifs is 1. The lowest BCUT2D eigenvalue weighted by atomic mass is 9.87. The third-order valence-electron chi connectivity index (χ3n) is 6.39. The smallest absolute Gasteiger partial charge is 0.239 e. The van der Waals surface area contributed by atoms with Gasteiger partial charge in [0.2, 0.25) is 5.91 Å². The number of nitrogens with zero attached hydrogens (tertiary/aromatic N) is 2. The largest absolute Gasteiger partial charge is 0.493 e. The fourth-order valence-corrected chi connectivity index (χ4v) is 4.47. The first-order chi connectivity index (χ1) is 16.0. The molecule has 0 saturated heterocycles. The van der Waals surface area contributed by atoms with Crippen molar-refractivity contribution in [3.8, 4) is 11.5 Å². The van der Waals surface area contributed by atoms with E-state index < -0.39 is 0 Å². The molecule has 4 rings (SSSR count). The molecular formula is C27H31N3O3. The molecule has 1 atom stereocenters. The van der Waals surface area contributed by atoms with Crippen LogP contribution in [0.1, 0.15) is 33.9 Å². The third-order valence-corrected chi connectivity index (χ3v) is 6.39. The van der Waals surface area contributed by atoms with E-state index in [1.165, 1.54) is 27.8 Å². The number of hydrogen-bond donors (Lipinski definition) is 1. The van der Waals surface area contributed by atoms with Crippen molar-refractivity contribution in [3.63, 3.8) is 0 Å². The summed E-state index contributed by atoms with van der Waals surface area (Å²) in [6.45, 7) is 5.34. The molecule has 6 heteroatoms. The van der Waals surface area contributed by atoms with Crippen molar-refractivity contribution in [3.05, 3.63) is 82.5 Å². The van der Waals surface area contributed by atoms with Crippen LogP contribution in [0.15, 0.2) is 54.7 Å². The van der Waals surface area contributed by atoms with Crippen molar-refractivity contribution >= 4 is 11.7 Å². The lowest BCUT2D eigenvalue weighted by Crippen LogP contribution is -2.41. The van der Waals surface area contributed by atoms with Gasteiger partial charge in [0.1, 0.15) is 5.82 Å². The molecule has 1 amide bonds. The SMILES string of the molecule is COc1cc2c(cc1OC)C(Cc1ccc(C)c(C)c1)N(CC(=O)Nc1ccccn1)CC2. The Morgan fingerprint density at radius 1 is 1.06 bits per heavy atom. The van der Waals surface area contributed by atoms with E-state index in [1.807, 2.05) is 12.1 Å². The number of rotatable bonds is 7. The lowest BCUT2D eigenvalue weighted by molar-refractivity contribution is -0.118. The number of ether oxygens (including phenoxy) is 2. The van der Waals surface area contributed by atoms with Crippen molar-refractivity contribution in [2.75, 3.05) is 32.6 Å². The molecule has 1 N–H and O–H groups in total. The van der Waals surface area contributed by atoms with Gasteiger partial charge in [0, 0.05) is 18.8 Å². The van der Waals surface area contributed by atoms with Crippen molar-refractivity contribution in [2.45, 2.75) is 32.7 Å². The van der Waals surface area contributed by atoms with Crippen LogP contribution in [0.4, 0.5) is 5.82 Å². The van der Waals surface area contributed by atoms with E-state index in [0.29, 0.717) is 18.1 Å². The van der Waals surface area contributed by atoms with Crippen LogP contribution in [0.2, 0.25) is 0 Å². The van der Waals surface area contributed by atoms with Gasteiger partial charge in [-0.1, -0.05) is 24.3 Å². The van der Waals surface area contributed by atoms with Gasteiger partial charge in [-0.2, -0.15) is 0 Å². The molecule has 2 heterocycles. The van der Waals surface area contributed by atoms with Gasteiger partial charge in [-0.15, -0.1) is 0 Å². The first kappa shape index (κ1) is 22.8. The predicted octanol–water partition coefficient (Wildman–Crippen LogP) is 4.50. The number of aryl methyl sites for hydroxylation is 2. The van der Waals surface area contributed by atoms with Crippen molar-refractivity contribution < 1.29 is 14.3 Å². The molecule has 1 aromatic heterocycles. The standard InChI is InChI=1S/C27H31N3O3/c1-18-8-9-20(13-19(18)2)14-23-22-16-25(33-4)24(32-3)15-21(22)10-12-30(23)17-27(31)29-26-7-5-6-11-28-26/h5-9,11,13,15-16,23H,10,12,14,17H2,1-4H3,(H,28,29,31). The number of pyridine rings is 1. The maximum absolute atomic E-state index is 12.9. The number of carbonyl (C=O) groups is 1. The molecule has 2 aromatic carbocycles. The second kappa shape index (κ2) is 10.0. The maximum atomic E-state index is 12.9. The van der Waals surface area contributed by atoms with E-state index in [4.69, 9.17) is 9.47 Å². The third kappa shape index (κ3) is 5.17. The second-order valence-corrected chi connectivity index (χ2v) is 8.53. The average Bonchev–Trinajstić information content (AvgIpc) is 2.82. The van der Waals surface area contributed by atoms with Crippen molar-refractivity contribution in [2.24, 2.45) is 0 Å². The van der Waals surface area contributed by atoms with E-state index in [1.54, 1.807) is 26.5 Å². The van der Waals surface area contributed by atoms with Crippen LogP contribution in [-0.2, 0) is 17.6 Å². The van der Waals surface area contributed by atoms with E-state index in [-0.39, 0.29) is 11.9 Å². The van der Waals surface area contributed by atoms with Crippen LogP contribution in [-0.4, -0.2) is 43.1 Å². The average molecular weight is 446 g/mol. The quantitative estimate of drug-likeness (QED) is 0.580. The molecule has 1 aliphatic heterocycles. The van der Waals surface area contributed by atoms with Crippen molar-refractivity contribution in [1.29, 1.82) is 0 Å². The van der Waals surface area contributed by atoms with Gasteiger partial charge in [0.05, 0.1) is 20.8 Å². The van der Waals surface area contributed by atoms with Gasteiger partial charge in [-0.05, 0) is 78.8 Å². The van der Waals surface area contributed by atoms with Crippen LogP contribution >= 0.6 is 0 Å². The van der Waals surface area contributed by atoms with Gasteiger partial charge in [0.25, 0.3) is 0 Å². The number of carbonyl (C=O) groups excluding carboxylic acids is 1. The van der Waals surface area contributed by atoms with Crippen LogP contribution < -0.4 is 14.8 Å². The van der Waals surface area contributed by atoms with Crippen LogP contribution in [0.25, 0.3) is 0 Å². The molecule has 0 saturated carbocycles. The summed E-state index contributed by atoms with van der Waals surface area (Å²) in [5.74, 6) is 1.95. The highest BCUT2D eigenvalue weighted by Gasteiger charge is 2.30. The summed E-state index contributed by atoms with van der Waals surface area (Å²) >= 11 is 0. The summed E-state index contributed by atoms with van der Waals surface area (Å²) in [6.07, 6.45) is 3.32. The fourth-order valence-electron chi connectivity index (χ4n) is 4.47. The molecule has 172 valence electrons. The summed E-state index contributed by atoms with van der Waals surface area (Å²) in [4.78, 5) is 19.3. The molecule has 0 fully saturated rings. The van der Waals surface area contributed by atoms with E-state index in [0.717, 1.165) is 25.1 Å². The van der Waals surface area contributed by atoms with Gasteiger partial charge in [-0.3, -0.25) is 9.69 Å². The number of anilines is 1. The molecule has 0 bridgehead atoms. The molecule has 33 heavy (non-hydrogen) atoms.